The first kappa shape index (κ1) is 14.5. The van der Waals surface area contributed by atoms with Crippen molar-refractivity contribution in [2.24, 2.45) is 0 Å². The Labute approximate surface area is 124 Å². The van der Waals surface area contributed by atoms with E-state index in [0.717, 1.165) is 11.1 Å². The summed E-state index contributed by atoms with van der Waals surface area (Å²) in [5.74, 6) is 0.112. The largest absolute Gasteiger partial charge is 0.423 e. The zero-order valence-corrected chi connectivity index (χ0v) is 11.6. The number of rotatable bonds is 5. The molecular weight excluding hydrogens is 260 g/mol. The summed E-state index contributed by atoms with van der Waals surface area (Å²) < 4.78 is 5.17. The van der Waals surface area contributed by atoms with E-state index in [2.05, 4.69) is 6.58 Å². The van der Waals surface area contributed by atoms with Crippen molar-refractivity contribution in [1.82, 2.24) is 0 Å². The molecule has 0 fully saturated rings. The topological polar surface area (TPSA) is 26.3 Å². The fourth-order valence-corrected chi connectivity index (χ4v) is 1.69. The Morgan fingerprint density at radius 2 is 1.62 bits per heavy atom. The van der Waals surface area contributed by atoms with Gasteiger partial charge in [-0.25, -0.2) is 4.79 Å². The second-order valence-electron chi connectivity index (χ2n) is 4.32. The van der Waals surface area contributed by atoms with Gasteiger partial charge in [0.25, 0.3) is 0 Å². The highest BCUT2D eigenvalue weighted by molar-refractivity contribution is 5.84. The van der Waals surface area contributed by atoms with Gasteiger partial charge in [0.05, 0.1) is 0 Å². The molecule has 0 aliphatic carbocycles. The lowest BCUT2D eigenvalue weighted by Crippen LogP contribution is -2.03. The van der Waals surface area contributed by atoms with Gasteiger partial charge in [-0.3, -0.25) is 0 Å². The van der Waals surface area contributed by atoms with Gasteiger partial charge in [0.1, 0.15) is 5.75 Å². The summed E-state index contributed by atoms with van der Waals surface area (Å²) in [5.41, 5.74) is 2.06. The molecule has 104 valence electrons. The fraction of sp³-hybridized carbons (Fsp3) is 0. The summed E-state index contributed by atoms with van der Waals surface area (Å²) in [6.07, 6.45) is 8.51. The van der Waals surface area contributed by atoms with Crippen LogP contribution in [0.2, 0.25) is 0 Å². The van der Waals surface area contributed by atoms with Crippen molar-refractivity contribution >= 4 is 18.1 Å². The Morgan fingerprint density at radius 3 is 2.29 bits per heavy atom. The lowest BCUT2D eigenvalue weighted by Gasteiger charge is -2.00. The van der Waals surface area contributed by atoms with Crippen LogP contribution in [0.4, 0.5) is 0 Å². The molecule has 0 amide bonds. The molecular formula is C19H16O2. The molecule has 0 aliphatic rings. The second kappa shape index (κ2) is 7.65. The van der Waals surface area contributed by atoms with E-state index in [9.17, 15) is 4.79 Å². The van der Waals surface area contributed by atoms with Crippen molar-refractivity contribution in [1.29, 1.82) is 0 Å². The van der Waals surface area contributed by atoms with Crippen LogP contribution in [0.1, 0.15) is 11.1 Å². The number of ether oxygens (including phenoxy) is 1. The highest BCUT2D eigenvalue weighted by Gasteiger charge is 1.98. The van der Waals surface area contributed by atoms with Crippen molar-refractivity contribution in [3.8, 4) is 5.75 Å². The quantitative estimate of drug-likeness (QED) is 0.348. The van der Waals surface area contributed by atoms with Gasteiger partial charge in [0.2, 0.25) is 0 Å². The van der Waals surface area contributed by atoms with Crippen molar-refractivity contribution in [3.63, 3.8) is 0 Å². The van der Waals surface area contributed by atoms with Crippen molar-refractivity contribution in [2.45, 2.75) is 0 Å². The number of benzene rings is 2. The minimum Gasteiger partial charge on any atom is -0.423 e. The van der Waals surface area contributed by atoms with Gasteiger partial charge in [0.15, 0.2) is 0 Å². The van der Waals surface area contributed by atoms with E-state index in [4.69, 9.17) is 4.74 Å². The molecule has 0 heterocycles. The third-order valence-electron chi connectivity index (χ3n) is 2.77. The molecule has 2 heteroatoms. The van der Waals surface area contributed by atoms with Crippen LogP contribution in [0.5, 0.6) is 5.75 Å². The van der Waals surface area contributed by atoms with Gasteiger partial charge in [0, 0.05) is 6.08 Å². The summed E-state index contributed by atoms with van der Waals surface area (Å²) in [6.45, 7) is 3.67. The van der Waals surface area contributed by atoms with Crippen LogP contribution in [0.15, 0.2) is 79.4 Å². The SMILES string of the molecule is C=Cc1ccc(OC(=O)/C=C/C=C/c2ccccc2)cc1. The predicted octanol–water partition coefficient (Wildman–Crippen LogP) is 4.50. The molecule has 0 spiro atoms. The monoisotopic (exact) mass is 276 g/mol. The maximum Gasteiger partial charge on any atom is 0.336 e. The number of allylic oxidation sites excluding steroid dienone is 2. The molecule has 0 aliphatic heterocycles. The van der Waals surface area contributed by atoms with Crippen LogP contribution >= 0.6 is 0 Å². The van der Waals surface area contributed by atoms with Crippen LogP contribution in [0.25, 0.3) is 12.2 Å². The van der Waals surface area contributed by atoms with E-state index in [-0.39, 0.29) is 0 Å². The summed E-state index contributed by atoms with van der Waals surface area (Å²) in [6, 6.07) is 17.0. The van der Waals surface area contributed by atoms with Gasteiger partial charge in [-0.15, -0.1) is 0 Å². The minimum atomic E-state index is -0.404. The maximum atomic E-state index is 11.6. The Bertz CT molecular complexity index is 650. The molecule has 0 atom stereocenters. The lowest BCUT2D eigenvalue weighted by atomic mass is 10.2. The fourth-order valence-electron chi connectivity index (χ4n) is 1.69. The Morgan fingerprint density at radius 1 is 0.905 bits per heavy atom. The summed E-state index contributed by atoms with van der Waals surface area (Å²) in [7, 11) is 0. The Kier molecular flexibility index (Phi) is 5.30. The highest BCUT2D eigenvalue weighted by Crippen LogP contribution is 2.13. The lowest BCUT2D eigenvalue weighted by molar-refractivity contribution is -0.128. The molecule has 21 heavy (non-hydrogen) atoms. The molecule has 0 aromatic heterocycles. The predicted molar refractivity (Wildman–Crippen MR) is 86.8 cm³/mol. The molecule has 0 saturated carbocycles. The van der Waals surface area contributed by atoms with Gasteiger partial charge >= 0.3 is 5.97 Å². The molecule has 2 nitrogen and oxygen atoms in total. The summed E-state index contributed by atoms with van der Waals surface area (Å²) in [4.78, 5) is 11.6. The second-order valence-corrected chi connectivity index (χ2v) is 4.32. The molecule has 0 unspecified atom stereocenters. The third-order valence-corrected chi connectivity index (χ3v) is 2.77. The average molecular weight is 276 g/mol. The molecule has 2 rings (SSSR count). The Hall–Kier alpha value is -2.87. The third kappa shape index (κ3) is 4.96. The number of hydrogen-bond donors (Lipinski definition) is 0. The van der Waals surface area contributed by atoms with E-state index in [0.29, 0.717) is 5.75 Å². The normalized spacial score (nSPS) is 10.9. The Balaban J connectivity index is 1.87. The van der Waals surface area contributed by atoms with E-state index >= 15 is 0 Å². The molecule has 0 radical (unpaired) electrons. The first-order chi connectivity index (χ1) is 10.3. The number of carbonyl (C=O) groups excluding carboxylic acids is 1. The number of hydrogen-bond acceptors (Lipinski definition) is 2. The smallest absolute Gasteiger partial charge is 0.336 e. The van der Waals surface area contributed by atoms with Crippen LogP contribution in [0, 0.1) is 0 Å². The van der Waals surface area contributed by atoms with Gasteiger partial charge in [-0.05, 0) is 23.3 Å². The van der Waals surface area contributed by atoms with Gasteiger partial charge in [-0.1, -0.05) is 73.3 Å². The van der Waals surface area contributed by atoms with E-state index in [1.165, 1.54) is 6.08 Å². The molecule has 2 aromatic carbocycles. The number of carbonyl (C=O) groups is 1. The van der Waals surface area contributed by atoms with Crippen LogP contribution < -0.4 is 4.74 Å². The van der Waals surface area contributed by atoms with Crippen LogP contribution in [-0.2, 0) is 4.79 Å². The zero-order chi connectivity index (χ0) is 14.9. The van der Waals surface area contributed by atoms with Gasteiger partial charge in [-0.2, -0.15) is 0 Å². The minimum absolute atomic E-state index is 0.404. The van der Waals surface area contributed by atoms with E-state index in [1.54, 1.807) is 30.4 Å². The average Bonchev–Trinajstić information content (AvgIpc) is 2.53. The zero-order valence-electron chi connectivity index (χ0n) is 11.6. The molecule has 2 aromatic rings. The first-order valence-electron chi connectivity index (χ1n) is 6.62. The van der Waals surface area contributed by atoms with Crippen molar-refractivity contribution in [3.05, 3.63) is 90.5 Å². The maximum absolute atomic E-state index is 11.6. The molecule has 0 N–H and O–H groups in total. The summed E-state index contributed by atoms with van der Waals surface area (Å²) >= 11 is 0. The molecule has 0 saturated heterocycles. The van der Waals surface area contributed by atoms with Crippen LogP contribution in [0.3, 0.4) is 0 Å². The van der Waals surface area contributed by atoms with E-state index in [1.807, 2.05) is 48.5 Å². The van der Waals surface area contributed by atoms with Crippen molar-refractivity contribution in [2.75, 3.05) is 0 Å². The molecule has 0 bridgehead atoms. The number of esters is 1. The van der Waals surface area contributed by atoms with Crippen LogP contribution in [-0.4, -0.2) is 5.97 Å². The standard InChI is InChI=1S/C19H16O2/c1-2-16-12-14-18(15-13-16)21-19(20)11-7-6-10-17-8-4-3-5-9-17/h2-15H,1H2/b10-6+,11-7+. The highest BCUT2D eigenvalue weighted by atomic mass is 16.5. The first-order valence-corrected chi connectivity index (χ1v) is 6.62. The van der Waals surface area contributed by atoms with Crippen molar-refractivity contribution < 1.29 is 9.53 Å². The summed E-state index contributed by atoms with van der Waals surface area (Å²) in [5, 5.41) is 0. The van der Waals surface area contributed by atoms with E-state index < -0.39 is 5.97 Å². The van der Waals surface area contributed by atoms with Gasteiger partial charge < -0.3 is 4.74 Å².